The minimum Gasteiger partial charge on any atom is -0.496 e. The second kappa shape index (κ2) is 27.9. The molecule has 10 N–H and O–H groups in total. The lowest BCUT2D eigenvalue weighted by Gasteiger charge is -2.44. The minimum absolute atomic E-state index is 0.00364. The lowest BCUT2D eigenvalue weighted by Crippen LogP contribution is -2.66. The molecule has 11 atom stereocenters. The van der Waals surface area contributed by atoms with E-state index >= 15 is 0 Å². The number of hydrogen-bond donors (Lipinski definition) is 8. The molecule has 1 aromatic rings. The summed E-state index contributed by atoms with van der Waals surface area (Å²) in [5.41, 5.74) is 11.6. The first-order chi connectivity index (χ1) is 32.9. The number of carbonyl (C=O) groups excluding carboxylic acids is 8. The number of methoxy groups -OCH3 is 1. The van der Waals surface area contributed by atoms with E-state index in [9.17, 15) is 47.7 Å². The number of nitrogens with one attached hydrogen (secondary N) is 5. The fourth-order valence-corrected chi connectivity index (χ4v) is 9.28. The number of aliphatic hydroxyl groups is 1. The van der Waals surface area contributed by atoms with Crippen LogP contribution < -0.4 is 42.8 Å². The van der Waals surface area contributed by atoms with Gasteiger partial charge in [0, 0.05) is 49.2 Å². The lowest BCUT2D eigenvalue weighted by molar-refractivity contribution is -0.168. The first kappa shape index (κ1) is 59.0. The molecule has 3 rings (SSSR count). The number of piperidine rings is 1. The maximum absolute atomic E-state index is 15.0. The van der Waals surface area contributed by atoms with Crippen LogP contribution in [0.1, 0.15) is 98.5 Å². The SMILES string of the molecule is CCCC(=O)N[C@@H](CCS(C)=O)C(=O)N[C@@H]1C(=O)N[C@@H](CCCN=C(N)N)C(=O)N[C@H]2CC[C@@H](O)N(C2=O)[C@@H]([C@@H](C)CC)C(=O)N(C)[C@@H](Cc2ccc(OC)c(Br)c2)C(=O)NC(C(C)C)C(=O)O[C@@H]1C. The molecule has 2 aliphatic rings. The Labute approximate surface area is 420 Å². The van der Waals surface area contributed by atoms with Crippen molar-refractivity contribution < 1.29 is 57.1 Å². The Morgan fingerprint density at radius 2 is 1.71 bits per heavy atom. The summed E-state index contributed by atoms with van der Waals surface area (Å²) in [4.78, 5) is 121. The highest BCUT2D eigenvalue weighted by atomic mass is 79.9. The average molecular weight is 1070 g/mol. The average Bonchev–Trinajstić information content (AvgIpc) is 3.29. The van der Waals surface area contributed by atoms with Gasteiger partial charge in [-0.25, -0.2) is 4.79 Å². The summed E-state index contributed by atoms with van der Waals surface area (Å²) >= 11 is 3.48. The van der Waals surface area contributed by atoms with Gasteiger partial charge in [-0.05, 0) is 90.9 Å². The van der Waals surface area contributed by atoms with Crippen molar-refractivity contribution in [3.8, 4) is 5.75 Å². The molecule has 1 aromatic carbocycles. The van der Waals surface area contributed by atoms with Crippen molar-refractivity contribution in [2.24, 2.45) is 28.3 Å². The van der Waals surface area contributed by atoms with Gasteiger partial charge in [0.25, 0.3) is 0 Å². The van der Waals surface area contributed by atoms with Gasteiger partial charge in [-0.3, -0.25) is 42.8 Å². The van der Waals surface area contributed by atoms with E-state index in [2.05, 4.69) is 47.5 Å². The molecule has 2 heterocycles. The van der Waals surface area contributed by atoms with Gasteiger partial charge in [0.05, 0.1) is 11.6 Å². The summed E-state index contributed by atoms with van der Waals surface area (Å²) < 4.78 is 24.0. The van der Waals surface area contributed by atoms with E-state index in [0.717, 1.165) is 4.90 Å². The number of nitrogens with two attached hydrogens (primary N) is 2. The van der Waals surface area contributed by atoms with Crippen molar-refractivity contribution >= 4 is 80.0 Å². The van der Waals surface area contributed by atoms with E-state index in [4.69, 9.17) is 20.9 Å². The summed E-state index contributed by atoms with van der Waals surface area (Å²) in [6.45, 7) is 9.90. The quantitative estimate of drug-likeness (QED) is 0.0410. The van der Waals surface area contributed by atoms with Crippen LogP contribution in [-0.2, 0) is 60.3 Å². The standard InChI is InChI=1S/C46H73BrN10O12S/c1-10-13-34(58)51-30(19-21-70(9)67)40(61)55-37-26(6)69-45(66)36(24(3)4)54-41(62)32(23-27-15-17-33(68-8)28(47)22-27)56(7)44(65)38(25(5)11-2)57-35(59)18-16-31(43(57)64)53-39(60)29(52-42(37)63)14-12-20-50-46(48)49/h15,17,22,24-26,29-32,35-38,59H,10-14,16,18-21,23H2,1-9H3,(H,51,58)(H,52,63)(H,53,60)(H,54,62)(H,55,61)(H4,48,49,50)/t25-,26+,29-,30-,31-,32-,35+,36?,37-,38-,70?/m0/s1. The molecule has 0 aromatic heterocycles. The molecular formula is C46H73BrN10O12S. The van der Waals surface area contributed by atoms with Gasteiger partial charge in [0.15, 0.2) is 5.96 Å². The molecule has 2 aliphatic heterocycles. The summed E-state index contributed by atoms with van der Waals surface area (Å²) in [5.74, 6) is -7.49. The first-order valence-electron chi connectivity index (χ1n) is 23.6. The van der Waals surface area contributed by atoms with Crippen molar-refractivity contribution in [1.82, 2.24) is 36.4 Å². The van der Waals surface area contributed by atoms with E-state index < -0.39 is 125 Å². The van der Waals surface area contributed by atoms with Crippen LogP contribution >= 0.6 is 15.9 Å². The van der Waals surface area contributed by atoms with Gasteiger partial charge in [0.1, 0.15) is 60.4 Å². The van der Waals surface area contributed by atoms with Crippen LogP contribution in [-0.4, -0.2) is 160 Å². The maximum atomic E-state index is 15.0. The Kier molecular flexibility index (Phi) is 23.5. The van der Waals surface area contributed by atoms with E-state index in [0.29, 0.717) is 28.6 Å². The molecule has 24 heteroatoms. The van der Waals surface area contributed by atoms with Crippen LogP contribution in [0.25, 0.3) is 0 Å². The summed E-state index contributed by atoms with van der Waals surface area (Å²) in [6.07, 6.45) is -0.976. The number of amides is 7. The fourth-order valence-electron chi connectivity index (χ4n) is 8.12. The van der Waals surface area contributed by atoms with E-state index in [-0.39, 0.29) is 63.2 Å². The zero-order valence-electron chi connectivity index (χ0n) is 41.6. The number of esters is 1. The highest BCUT2D eigenvalue weighted by molar-refractivity contribution is 9.10. The van der Waals surface area contributed by atoms with Crippen LogP contribution in [0.3, 0.4) is 0 Å². The molecule has 2 fully saturated rings. The largest absolute Gasteiger partial charge is 0.496 e. The summed E-state index contributed by atoms with van der Waals surface area (Å²) in [5, 5.41) is 24.8. The fraction of sp³-hybridized carbons (Fsp3) is 0.674. The van der Waals surface area contributed by atoms with Crippen LogP contribution in [0.2, 0.25) is 0 Å². The molecule has 0 aliphatic carbocycles. The van der Waals surface area contributed by atoms with Crippen LogP contribution in [0.15, 0.2) is 27.7 Å². The number of carbonyl (C=O) groups is 8. The number of guanidine groups is 1. The number of aliphatic hydroxyl groups excluding tert-OH is 1. The molecule has 70 heavy (non-hydrogen) atoms. The van der Waals surface area contributed by atoms with Crippen LogP contribution in [0.5, 0.6) is 5.75 Å². The van der Waals surface area contributed by atoms with Gasteiger partial charge in [-0.15, -0.1) is 0 Å². The first-order valence-corrected chi connectivity index (χ1v) is 26.1. The molecular weight excluding hydrogens is 997 g/mol. The van der Waals surface area contributed by atoms with Crippen molar-refractivity contribution in [3.63, 3.8) is 0 Å². The Balaban J connectivity index is 2.28. The number of aliphatic imine (C=N–C) groups is 1. The van der Waals surface area contributed by atoms with Crippen LogP contribution in [0, 0.1) is 11.8 Å². The third-order valence-corrected chi connectivity index (χ3v) is 13.8. The van der Waals surface area contributed by atoms with Gasteiger partial charge in [0.2, 0.25) is 41.4 Å². The third-order valence-electron chi connectivity index (χ3n) is 12.4. The summed E-state index contributed by atoms with van der Waals surface area (Å²) in [6, 6.07) is -4.76. The predicted octanol–water partition coefficient (Wildman–Crippen LogP) is -0.170. The minimum atomic E-state index is -1.75. The molecule has 0 radical (unpaired) electrons. The predicted molar refractivity (Wildman–Crippen MR) is 265 cm³/mol. The van der Waals surface area contributed by atoms with Crippen molar-refractivity contribution in [3.05, 3.63) is 28.2 Å². The topological polar surface area (TPSA) is 323 Å². The van der Waals surface area contributed by atoms with E-state index in [1.54, 1.807) is 52.8 Å². The molecule has 2 bridgehead atoms. The molecule has 22 nitrogen and oxygen atoms in total. The number of halogens is 1. The highest BCUT2D eigenvalue weighted by Gasteiger charge is 2.47. The molecule has 7 amide bonds. The number of rotatable bonds is 18. The Morgan fingerprint density at radius 1 is 1.03 bits per heavy atom. The normalized spacial score (nSPS) is 25.4. The summed E-state index contributed by atoms with van der Waals surface area (Å²) in [7, 11) is 1.49. The Hall–Kier alpha value is -5.36. The Bertz CT molecular complexity index is 2090. The van der Waals surface area contributed by atoms with E-state index in [1.165, 1.54) is 32.2 Å². The number of fused-ring (bicyclic) bond motifs is 2. The second-order valence-corrected chi connectivity index (χ2v) is 20.5. The van der Waals surface area contributed by atoms with Gasteiger partial charge in [-0.2, -0.15) is 0 Å². The number of cyclic esters (lactones) is 1. The van der Waals surface area contributed by atoms with Crippen molar-refractivity contribution in [2.45, 2.75) is 154 Å². The monoisotopic (exact) mass is 1070 g/mol. The third kappa shape index (κ3) is 16.6. The van der Waals surface area contributed by atoms with Gasteiger partial charge in [-0.1, -0.05) is 47.1 Å². The number of ether oxygens (including phenoxy) is 2. The zero-order chi connectivity index (χ0) is 52.6. The highest BCUT2D eigenvalue weighted by Crippen LogP contribution is 2.29. The Morgan fingerprint density at radius 3 is 2.30 bits per heavy atom. The van der Waals surface area contributed by atoms with Gasteiger partial charge < -0.3 is 62.4 Å². The smallest absolute Gasteiger partial charge is 0.329 e. The van der Waals surface area contributed by atoms with Crippen molar-refractivity contribution in [2.75, 3.05) is 32.7 Å². The molecule has 392 valence electrons. The number of likely N-dealkylation sites (N-methyl/N-ethyl adjacent to an activating group) is 1. The maximum Gasteiger partial charge on any atom is 0.329 e. The second-order valence-electron chi connectivity index (χ2n) is 18.1. The van der Waals surface area contributed by atoms with Gasteiger partial charge >= 0.3 is 5.97 Å². The van der Waals surface area contributed by atoms with Crippen LogP contribution in [0.4, 0.5) is 0 Å². The number of hydrogen-bond acceptors (Lipinski definition) is 13. The lowest BCUT2D eigenvalue weighted by atomic mass is 9.91. The number of nitrogens with zero attached hydrogens (tertiary/aromatic N) is 3. The van der Waals surface area contributed by atoms with Crippen molar-refractivity contribution in [1.29, 1.82) is 0 Å². The van der Waals surface area contributed by atoms with E-state index in [1.807, 2.05) is 0 Å². The molecule has 2 saturated heterocycles. The molecule has 2 unspecified atom stereocenters. The number of benzene rings is 1. The zero-order valence-corrected chi connectivity index (χ0v) is 44.0. The molecule has 0 spiro atoms. The molecule has 0 saturated carbocycles.